The Labute approximate surface area is 173 Å². The van der Waals surface area contributed by atoms with Gasteiger partial charge in [0.05, 0.1) is 13.7 Å². The van der Waals surface area contributed by atoms with Gasteiger partial charge in [0, 0.05) is 23.6 Å². The quantitative estimate of drug-likeness (QED) is 0.392. The van der Waals surface area contributed by atoms with Crippen LogP contribution in [0.2, 0.25) is 0 Å². The summed E-state index contributed by atoms with van der Waals surface area (Å²) < 4.78 is 16.7. The van der Waals surface area contributed by atoms with Gasteiger partial charge >= 0.3 is 5.97 Å². The lowest BCUT2D eigenvalue weighted by Crippen LogP contribution is -2.08. The number of carboxylic acid groups (broad SMARTS) is 1. The van der Waals surface area contributed by atoms with Crippen molar-refractivity contribution in [2.75, 3.05) is 19.0 Å². The highest BCUT2D eigenvalue weighted by Crippen LogP contribution is 2.31. The van der Waals surface area contributed by atoms with Crippen molar-refractivity contribution < 1.29 is 28.6 Å². The molecular weight excluding hydrogens is 386 g/mol. The first-order chi connectivity index (χ1) is 14.5. The minimum atomic E-state index is -0.856. The van der Waals surface area contributed by atoms with E-state index in [1.807, 2.05) is 18.2 Å². The SMILES string of the molecule is COc1ccc(NC(=O)C=C(C)c2cc3cccc(OCCCC(=O)O)c3o2)cc1. The molecule has 2 aromatic carbocycles. The molecule has 156 valence electrons. The molecule has 30 heavy (non-hydrogen) atoms. The minimum Gasteiger partial charge on any atom is -0.497 e. The van der Waals surface area contributed by atoms with Crippen LogP contribution in [0.4, 0.5) is 5.69 Å². The molecule has 0 saturated carbocycles. The molecule has 0 saturated heterocycles. The number of carbonyl (C=O) groups is 2. The fourth-order valence-corrected chi connectivity index (χ4v) is 2.87. The number of para-hydroxylation sites is 1. The van der Waals surface area contributed by atoms with E-state index in [0.29, 0.717) is 40.5 Å². The number of amides is 1. The Hall–Kier alpha value is -3.74. The number of furan rings is 1. The Bertz CT molecular complexity index is 1060. The van der Waals surface area contributed by atoms with Crippen LogP contribution in [-0.4, -0.2) is 30.7 Å². The standard InChI is InChI=1S/C23H23NO6/c1-15(13-21(25)24-17-8-10-18(28-2)11-9-17)20-14-16-5-3-6-19(23(16)30-20)29-12-4-7-22(26)27/h3,5-6,8-11,13-14H,4,7,12H2,1-2H3,(H,24,25)(H,26,27). The number of benzene rings is 2. The second kappa shape index (κ2) is 9.65. The second-order valence-corrected chi connectivity index (χ2v) is 6.68. The normalized spacial score (nSPS) is 11.3. The summed E-state index contributed by atoms with van der Waals surface area (Å²) in [7, 11) is 1.58. The Morgan fingerprint density at radius 1 is 1.17 bits per heavy atom. The number of fused-ring (bicyclic) bond motifs is 1. The van der Waals surface area contributed by atoms with E-state index in [1.54, 1.807) is 44.4 Å². The summed E-state index contributed by atoms with van der Waals surface area (Å²) in [6.07, 6.45) is 1.92. The molecule has 0 atom stereocenters. The molecule has 0 bridgehead atoms. The van der Waals surface area contributed by atoms with Crippen molar-refractivity contribution in [1.82, 2.24) is 0 Å². The number of rotatable bonds is 9. The second-order valence-electron chi connectivity index (χ2n) is 6.68. The number of hydrogen-bond donors (Lipinski definition) is 2. The topological polar surface area (TPSA) is 98.0 Å². The number of allylic oxidation sites excluding steroid dienone is 1. The molecule has 0 fully saturated rings. The van der Waals surface area contributed by atoms with Gasteiger partial charge in [-0.3, -0.25) is 9.59 Å². The van der Waals surface area contributed by atoms with Crippen molar-refractivity contribution in [3.63, 3.8) is 0 Å². The van der Waals surface area contributed by atoms with E-state index in [4.69, 9.17) is 19.0 Å². The maximum Gasteiger partial charge on any atom is 0.303 e. The van der Waals surface area contributed by atoms with Crippen LogP contribution in [0.25, 0.3) is 16.5 Å². The van der Waals surface area contributed by atoms with E-state index in [-0.39, 0.29) is 18.9 Å². The van der Waals surface area contributed by atoms with Gasteiger partial charge in [-0.05, 0) is 55.3 Å². The Morgan fingerprint density at radius 3 is 2.63 bits per heavy atom. The summed E-state index contributed by atoms with van der Waals surface area (Å²) in [5.74, 6) is 0.674. The molecule has 0 spiro atoms. The summed E-state index contributed by atoms with van der Waals surface area (Å²) in [5.41, 5.74) is 1.88. The van der Waals surface area contributed by atoms with Crippen LogP contribution in [0.5, 0.6) is 11.5 Å². The van der Waals surface area contributed by atoms with E-state index in [0.717, 1.165) is 5.39 Å². The molecule has 0 aliphatic rings. The van der Waals surface area contributed by atoms with Crippen molar-refractivity contribution in [3.8, 4) is 11.5 Å². The molecule has 1 heterocycles. The first kappa shape index (κ1) is 21.0. The summed E-state index contributed by atoms with van der Waals surface area (Å²) in [6.45, 7) is 2.07. The highest BCUT2D eigenvalue weighted by Gasteiger charge is 2.12. The molecule has 3 rings (SSSR count). The zero-order chi connectivity index (χ0) is 21.5. The van der Waals surface area contributed by atoms with Crippen LogP contribution in [0.15, 0.2) is 59.0 Å². The minimum absolute atomic E-state index is 0.0462. The van der Waals surface area contributed by atoms with E-state index in [2.05, 4.69) is 5.32 Å². The highest BCUT2D eigenvalue weighted by molar-refractivity contribution is 6.04. The van der Waals surface area contributed by atoms with Crippen molar-refractivity contribution in [2.45, 2.75) is 19.8 Å². The van der Waals surface area contributed by atoms with Crippen LogP contribution in [-0.2, 0) is 9.59 Å². The van der Waals surface area contributed by atoms with E-state index >= 15 is 0 Å². The van der Waals surface area contributed by atoms with Gasteiger partial charge in [0.1, 0.15) is 11.5 Å². The van der Waals surface area contributed by atoms with Crippen molar-refractivity contribution in [3.05, 3.63) is 60.4 Å². The van der Waals surface area contributed by atoms with E-state index in [1.165, 1.54) is 6.08 Å². The van der Waals surface area contributed by atoms with Gasteiger partial charge < -0.3 is 24.3 Å². The third-order valence-electron chi connectivity index (χ3n) is 4.39. The van der Waals surface area contributed by atoms with Crippen LogP contribution < -0.4 is 14.8 Å². The average molecular weight is 409 g/mol. The third-order valence-corrected chi connectivity index (χ3v) is 4.39. The lowest BCUT2D eigenvalue weighted by Gasteiger charge is -2.05. The van der Waals surface area contributed by atoms with Gasteiger partial charge in [0.25, 0.3) is 0 Å². The van der Waals surface area contributed by atoms with Crippen LogP contribution in [0.1, 0.15) is 25.5 Å². The molecule has 1 aromatic heterocycles. The number of carbonyl (C=O) groups excluding carboxylic acids is 1. The van der Waals surface area contributed by atoms with Crippen molar-refractivity contribution in [1.29, 1.82) is 0 Å². The molecule has 7 nitrogen and oxygen atoms in total. The molecule has 1 amide bonds. The zero-order valence-electron chi connectivity index (χ0n) is 16.8. The number of carboxylic acids is 1. The lowest BCUT2D eigenvalue weighted by atomic mass is 10.2. The maximum absolute atomic E-state index is 12.3. The number of anilines is 1. The number of aliphatic carboxylic acids is 1. The maximum atomic E-state index is 12.3. The fraction of sp³-hybridized carbons (Fsp3) is 0.217. The molecule has 0 aliphatic carbocycles. The number of nitrogens with one attached hydrogen (secondary N) is 1. The van der Waals surface area contributed by atoms with E-state index < -0.39 is 5.97 Å². The Balaban J connectivity index is 1.70. The molecule has 0 aliphatic heterocycles. The average Bonchev–Trinajstić information content (AvgIpc) is 3.17. The van der Waals surface area contributed by atoms with Crippen LogP contribution in [0.3, 0.4) is 0 Å². The van der Waals surface area contributed by atoms with Gasteiger partial charge in [-0.25, -0.2) is 0 Å². The zero-order valence-corrected chi connectivity index (χ0v) is 16.8. The molecule has 7 heteroatoms. The third kappa shape index (κ3) is 5.41. The number of methoxy groups -OCH3 is 1. The first-order valence-corrected chi connectivity index (χ1v) is 9.47. The largest absolute Gasteiger partial charge is 0.497 e. The van der Waals surface area contributed by atoms with Crippen LogP contribution in [0, 0.1) is 0 Å². The van der Waals surface area contributed by atoms with Gasteiger partial charge in [0.15, 0.2) is 11.3 Å². The Kier molecular flexibility index (Phi) is 6.75. The summed E-state index contributed by atoms with van der Waals surface area (Å²) in [5, 5.41) is 12.4. The van der Waals surface area contributed by atoms with Gasteiger partial charge in [-0.1, -0.05) is 12.1 Å². The molecule has 0 unspecified atom stereocenters. The van der Waals surface area contributed by atoms with Gasteiger partial charge in [-0.2, -0.15) is 0 Å². The Morgan fingerprint density at radius 2 is 1.93 bits per heavy atom. The summed E-state index contributed by atoms with van der Waals surface area (Å²) >= 11 is 0. The monoisotopic (exact) mass is 409 g/mol. The fourth-order valence-electron chi connectivity index (χ4n) is 2.87. The van der Waals surface area contributed by atoms with Crippen molar-refractivity contribution in [2.24, 2.45) is 0 Å². The predicted molar refractivity (Wildman–Crippen MR) is 114 cm³/mol. The van der Waals surface area contributed by atoms with E-state index in [9.17, 15) is 9.59 Å². The highest BCUT2D eigenvalue weighted by atomic mass is 16.5. The number of ether oxygens (including phenoxy) is 2. The predicted octanol–water partition coefficient (Wildman–Crippen LogP) is 4.73. The van der Waals surface area contributed by atoms with Gasteiger partial charge in [0.2, 0.25) is 5.91 Å². The molecule has 0 radical (unpaired) electrons. The summed E-state index contributed by atoms with van der Waals surface area (Å²) in [4.78, 5) is 22.9. The lowest BCUT2D eigenvalue weighted by molar-refractivity contribution is -0.137. The first-order valence-electron chi connectivity index (χ1n) is 9.47. The molecular formula is C23H23NO6. The van der Waals surface area contributed by atoms with Gasteiger partial charge in [-0.15, -0.1) is 0 Å². The van der Waals surface area contributed by atoms with Crippen molar-refractivity contribution >= 4 is 34.1 Å². The van der Waals surface area contributed by atoms with Crippen LogP contribution >= 0.6 is 0 Å². The molecule has 2 N–H and O–H groups in total. The summed E-state index contributed by atoms with van der Waals surface area (Å²) in [6, 6.07) is 14.4. The molecule has 3 aromatic rings. The smallest absolute Gasteiger partial charge is 0.303 e. The number of hydrogen-bond acceptors (Lipinski definition) is 5.